The van der Waals surface area contributed by atoms with Crippen LogP contribution >= 0.6 is 0 Å². The van der Waals surface area contributed by atoms with Gasteiger partial charge in [0.2, 0.25) is 5.91 Å². The van der Waals surface area contributed by atoms with Crippen molar-refractivity contribution in [2.24, 2.45) is 0 Å². The van der Waals surface area contributed by atoms with Crippen molar-refractivity contribution in [3.05, 3.63) is 23.3 Å². The summed E-state index contributed by atoms with van der Waals surface area (Å²) in [5.74, 6) is 0.242. The Hall–Kier alpha value is -3.30. The first-order valence-corrected chi connectivity index (χ1v) is 15.0. The van der Waals surface area contributed by atoms with Gasteiger partial charge in [0.1, 0.15) is 11.4 Å². The van der Waals surface area contributed by atoms with E-state index in [-0.39, 0.29) is 35.9 Å². The number of carbonyl (C=O) groups is 4. The fourth-order valence-corrected chi connectivity index (χ4v) is 5.91. The van der Waals surface area contributed by atoms with Gasteiger partial charge in [-0.25, -0.2) is 4.79 Å². The molecule has 226 valence electrons. The first-order valence-electron chi connectivity index (χ1n) is 15.0. The number of amides is 4. The van der Waals surface area contributed by atoms with Gasteiger partial charge in [-0.05, 0) is 91.3 Å². The molecular weight excluding hydrogens is 524 g/mol. The second kappa shape index (κ2) is 11.9. The molecule has 0 bridgehead atoms. The van der Waals surface area contributed by atoms with Gasteiger partial charge in [0, 0.05) is 44.2 Å². The third-order valence-corrected chi connectivity index (χ3v) is 8.14. The molecule has 4 rings (SSSR count). The number of fused-ring (bicyclic) bond motifs is 1. The van der Waals surface area contributed by atoms with Crippen LogP contribution in [0.1, 0.15) is 96.0 Å². The summed E-state index contributed by atoms with van der Waals surface area (Å²) in [5, 5.41) is 2.86. The number of nitrogens with one attached hydrogen (secondary N) is 1. The van der Waals surface area contributed by atoms with E-state index in [9.17, 15) is 19.2 Å². The van der Waals surface area contributed by atoms with Gasteiger partial charge < -0.3 is 29.5 Å². The van der Waals surface area contributed by atoms with Gasteiger partial charge in [-0.3, -0.25) is 14.4 Å². The molecule has 4 amide bonds. The molecule has 1 aromatic carbocycles. The maximum Gasteiger partial charge on any atom is 0.410 e. The van der Waals surface area contributed by atoms with Crippen molar-refractivity contribution in [3.63, 3.8) is 0 Å². The molecule has 10 heteroatoms. The number of hydrogen-bond donors (Lipinski definition) is 1. The monoisotopic (exact) mass is 570 g/mol. The Balaban J connectivity index is 1.62. The van der Waals surface area contributed by atoms with E-state index in [4.69, 9.17) is 9.47 Å². The quantitative estimate of drug-likeness (QED) is 0.520. The molecule has 2 aliphatic heterocycles. The maximum atomic E-state index is 14.2. The molecule has 1 aliphatic carbocycles. The van der Waals surface area contributed by atoms with Gasteiger partial charge >= 0.3 is 6.09 Å². The normalized spacial score (nSPS) is 19.8. The van der Waals surface area contributed by atoms with E-state index in [0.717, 1.165) is 24.8 Å². The molecule has 1 spiro atoms. The molecule has 0 radical (unpaired) electrons. The van der Waals surface area contributed by atoms with E-state index in [2.05, 4.69) is 5.32 Å². The van der Waals surface area contributed by atoms with Gasteiger partial charge in [-0.15, -0.1) is 0 Å². The lowest BCUT2D eigenvalue weighted by Gasteiger charge is -2.47. The molecule has 1 atom stereocenters. The highest BCUT2D eigenvalue weighted by Gasteiger charge is 2.52. The molecule has 1 N–H and O–H groups in total. The van der Waals surface area contributed by atoms with Crippen LogP contribution in [0.25, 0.3) is 0 Å². The minimum atomic E-state index is -0.864. The number of hydrogen-bond acceptors (Lipinski definition) is 6. The van der Waals surface area contributed by atoms with Crippen LogP contribution in [0.15, 0.2) is 12.1 Å². The summed E-state index contributed by atoms with van der Waals surface area (Å²) < 4.78 is 11.9. The molecule has 0 aromatic heterocycles. The summed E-state index contributed by atoms with van der Waals surface area (Å²) >= 11 is 0. The zero-order valence-corrected chi connectivity index (χ0v) is 25.7. The minimum absolute atomic E-state index is 0.0791. The Morgan fingerprint density at radius 1 is 1.20 bits per heavy atom. The first kappa shape index (κ1) is 30.7. The van der Waals surface area contributed by atoms with E-state index in [1.807, 2.05) is 52.5 Å². The third kappa shape index (κ3) is 6.46. The van der Waals surface area contributed by atoms with Crippen molar-refractivity contribution in [3.8, 4) is 5.75 Å². The fraction of sp³-hybridized carbons (Fsp3) is 0.677. The summed E-state index contributed by atoms with van der Waals surface area (Å²) in [5.41, 5.74) is 0.352. The zero-order valence-electron chi connectivity index (χ0n) is 25.7. The molecule has 3 aliphatic rings. The average molecular weight is 571 g/mol. The van der Waals surface area contributed by atoms with E-state index >= 15 is 0 Å². The number of anilines is 1. The summed E-state index contributed by atoms with van der Waals surface area (Å²) in [6.07, 6.45) is 3.77. The standard InChI is InChI=1S/C31H46N4O6/c1-8-26(36)32-14-16-34-24-18-23(21(4)17-25(24)40-31(28(34)38)12-10-13-31)27(37)35(20(2)3)22-11-9-15-33(19-22)29(39)41-30(5,6)7/h17-18,20,22H,8-16,19H2,1-7H3,(H,32,36)/t22-/m1/s1. The summed E-state index contributed by atoms with van der Waals surface area (Å²) in [6.45, 7) is 14.8. The largest absolute Gasteiger partial charge is 0.475 e. The van der Waals surface area contributed by atoms with Gasteiger partial charge in [0.05, 0.1) is 11.7 Å². The second-order valence-electron chi connectivity index (χ2n) is 12.8. The number of nitrogens with zero attached hydrogens (tertiary/aromatic N) is 3. The summed E-state index contributed by atoms with van der Waals surface area (Å²) in [7, 11) is 0. The Kier molecular flexibility index (Phi) is 8.90. The maximum absolute atomic E-state index is 14.2. The number of aryl methyl sites for hydroxylation is 1. The molecule has 41 heavy (non-hydrogen) atoms. The Morgan fingerprint density at radius 3 is 2.49 bits per heavy atom. The zero-order chi connectivity index (χ0) is 30.1. The number of likely N-dealkylation sites (tertiary alicyclic amines) is 1. The molecular formula is C31H46N4O6. The predicted molar refractivity (Wildman–Crippen MR) is 156 cm³/mol. The van der Waals surface area contributed by atoms with Crippen LogP contribution in [-0.2, 0) is 14.3 Å². The number of carbonyl (C=O) groups excluding carboxylic acids is 4. The SMILES string of the molecule is CCC(=O)NCCN1C(=O)C2(CCC2)Oc2cc(C)c(C(=O)N(C(C)C)[C@@H]3CCCN(C(=O)OC(C)(C)C)C3)cc21. The lowest BCUT2D eigenvalue weighted by molar-refractivity contribution is -0.143. The highest BCUT2D eigenvalue weighted by molar-refractivity contribution is 6.05. The summed E-state index contributed by atoms with van der Waals surface area (Å²) in [6, 6.07) is 3.34. The van der Waals surface area contributed by atoms with E-state index in [0.29, 0.717) is 62.4 Å². The number of piperidine rings is 1. The van der Waals surface area contributed by atoms with Crippen molar-refractivity contribution in [1.82, 2.24) is 15.1 Å². The molecule has 2 heterocycles. The molecule has 1 saturated heterocycles. The van der Waals surface area contributed by atoms with Crippen molar-refractivity contribution in [2.75, 3.05) is 31.1 Å². The van der Waals surface area contributed by atoms with Crippen LogP contribution in [0.2, 0.25) is 0 Å². The van der Waals surface area contributed by atoms with Gasteiger partial charge in [0.25, 0.3) is 11.8 Å². The smallest absolute Gasteiger partial charge is 0.410 e. The Labute approximate surface area is 243 Å². The van der Waals surface area contributed by atoms with Crippen LogP contribution in [-0.4, -0.2) is 83.1 Å². The molecule has 1 saturated carbocycles. The van der Waals surface area contributed by atoms with E-state index in [1.165, 1.54) is 0 Å². The third-order valence-electron chi connectivity index (χ3n) is 8.14. The Morgan fingerprint density at radius 2 is 1.90 bits per heavy atom. The van der Waals surface area contributed by atoms with Crippen LogP contribution < -0.4 is 15.0 Å². The lowest BCUT2D eigenvalue weighted by atomic mass is 9.77. The molecule has 0 unspecified atom stereocenters. The number of benzene rings is 1. The number of ether oxygens (including phenoxy) is 2. The predicted octanol–water partition coefficient (Wildman–Crippen LogP) is 4.42. The van der Waals surface area contributed by atoms with E-state index < -0.39 is 11.2 Å². The Bertz CT molecular complexity index is 1190. The minimum Gasteiger partial charge on any atom is -0.475 e. The van der Waals surface area contributed by atoms with Crippen LogP contribution in [0.4, 0.5) is 10.5 Å². The van der Waals surface area contributed by atoms with Gasteiger partial charge in [-0.2, -0.15) is 0 Å². The summed E-state index contributed by atoms with van der Waals surface area (Å²) in [4.78, 5) is 57.8. The van der Waals surface area contributed by atoms with Crippen molar-refractivity contribution in [1.29, 1.82) is 0 Å². The van der Waals surface area contributed by atoms with Crippen molar-refractivity contribution < 1.29 is 28.7 Å². The molecule has 2 fully saturated rings. The van der Waals surface area contributed by atoms with Crippen molar-refractivity contribution in [2.45, 2.75) is 110 Å². The number of rotatable bonds is 7. The van der Waals surface area contributed by atoms with Crippen LogP contribution in [0.5, 0.6) is 5.75 Å². The lowest BCUT2D eigenvalue weighted by Crippen LogP contribution is -2.61. The highest BCUT2D eigenvalue weighted by atomic mass is 16.6. The first-order chi connectivity index (χ1) is 19.3. The van der Waals surface area contributed by atoms with Crippen LogP contribution in [0.3, 0.4) is 0 Å². The molecule has 10 nitrogen and oxygen atoms in total. The van der Waals surface area contributed by atoms with Crippen molar-refractivity contribution >= 4 is 29.5 Å². The molecule has 1 aromatic rings. The topological polar surface area (TPSA) is 108 Å². The van der Waals surface area contributed by atoms with Gasteiger partial charge in [-0.1, -0.05) is 6.92 Å². The second-order valence-corrected chi connectivity index (χ2v) is 12.8. The van der Waals surface area contributed by atoms with Gasteiger partial charge in [0.15, 0.2) is 5.60 Å². The highest BCUT2D eigenvalue weighted by Crippen LogP contribution is 2.47. The van der Waals surface area contributed by atoms with Crippen LogP contribution in [0, 0.1) is 6.92 Å². The fourth-order valence-electron chi connectivity index (χ4n) is 5.91. The van der Waals surface area contributed by atoms with E-state index in [1.54, 1.807) is 22.8 Å². The average Bonchev–Trinajstić information content (AvgIpc) is 2.87.